The smallest absolute Gasteiger partial charge is 0.354 e. The number of hydrogen-bond donors (Lipinski definition) is 1. The summed E-state index contributed by atoms with van der Waals surface area (Å²) >= 11 is 0. The minimum Gasteiger partial charge on any atom is -0.461 e. The normalized spacial score (nSPS) is 16.3. The van der Waals surface area contributed by atoms with Crippen molar-refractivity contribution in [3.05, 3.63) is 47.9 Å². The quantitative estimate of drug-likeness (QED) is 0.793. The van der Waals surface area contributed by atoms with Crippen molar-refractivity contribution in [1.82, 2.24) is 10.5 Å². The van der Waals surface area contributed by atoms with E-state index in [2.05, 4.69) is 15.6 Å². The summed E-state index contributed by atoms with van der Waals surface area (Å²) in [4.78, 5) is 24.7. The lowest BCUT2D eigenvalue weighted by Crippen LogP contribution is -2.42. The lowest BCUT2D eigenvalue weighted by molar-refractivity contribution is -0.135. The van der Waals surface area contributed by atoms with Crippen molar-refractivity contribution in [1.29, 1.82) is 0 Å². The third-order valence-corrected chi connectivity index (χ3v) is 3.86. The van der Waals surface area contributed by atoms with Gasteiger partial charge in [-0.3, -0.25) is 9.80 Å². The zero-order valence-electron chi connectivity index (χ0n) is 14.6. The summed E-state index contributed by atoms with van der Waals surface area (Å²) < 4.78 is 10.1. The minimum atomic E-state index is -0.638. The molecule has 1 amide bonds. The monoisotopic (exact) mass is 356 g/mol. The van der Waals surface area contributed by atoms with Crippen LogP contribution in [0, 0.1) is 6.92 Å². The lowest BCUT2D eigenvalue weighted by Gasteiger charge is -2.22. The molecular formula is C18H20N4O4. The van der Waals surface area contributed by atoms with Crippen LogP contribution in [0.5, 0.6) is 0 Å². The highest BCUT2D eigenvalue weighted by molar-refractivity contribution is 6.38. The molecule has 136 valence electrons. The summed E-state index contributed by atoms with van der Waals surface area (Å²) in [6.45, 7) is 4.01. The molecule has 1 aromatic heterocycles. The average molecular weight is 356 g/mol. The molecular weight excluding hydrogens is 336 g/mol. The van der Waals surface area contributed by atoms with Gasteiger partial charge in [-0.25, -0.2) is 4.79 Å². The first-order chi connectivity index (χ1) is 12.6. The molecule has 2 heterocycles. The van der Waals surface area contributed by atoms with Gasteiger partial charge in [0.2, 0.25) is 5.91 Å². The number of nitrogens with zero attached hydrogens (tertiary/aromatic N) is 3. The highest BCUT2D eigenvalue weighted by Crippen LogP contribution is 2.25. The van der Waals surface area contributed by atoms with E-state index in [1.54, 1.807) is 18.0 Å². The number of esters is 1. The molecule has 1 N–H and O–H groups in total. The Morgan fingerprint density at radius 2 is 2.12 bits per heavy atom. The van der Waals surface area contributed by atoms with Gasteiger partial charge < -0.3 is 14.6 Å². The first-order valence-electron chi connectivity index (χ1n) is 8.37. The van der Waals surface area contributed by atoms with E-state index in [4.69, 9.17) is 9.26 Å². The molecule has 8 heteroatoms. The van der Waals surface area contributed by atoms with Crippen LogP contribution in [0.15, 0.2) is 46.0 Å². The van der Waals surface area contributed by atoms with E-state index in [1.165, 1.54) is 0 Å². The second-order valence-corrected chi connectivity index (χ2v) is 5.82. The average Bonchev–Trinajstić information content (AvgIpc) is 3.27. The van der Waals surface area contributed by atoms with Gasteiger partial charge in [-0.05, 0) is 26.0 Å². The molecule has 0 bridgehead atoms. The zero-order chi connectivity index (χ0) is 18.5. The maximum absolute atomic E-state index is 12.7. The van der Waals surface area contributed by atoms with E-state index in [1.807, 2.05) is 37.3 Å². The minimum absolute atomic E-state index is 0.176. The Balaban J connectivity index is 1.75. The van der Waals surface area contributed by atoms with E-state index in [0.717, 1.165) is 11.4 Å². The molecule has 2 aromatic rings. The Bertz CT molecular complexity index is 816. The van der Waals surface area contributed by atoms with Crippen LogP contribution in [-0.4, -0.2) is 35.4 Å². The number of hydrogen-bond acceptors (Lipinski definition) is 7. The Kier molecular flexibility index (Phi) is 5.31. The summed E-state index contributed by atoms with van der Waals surface area (Å²) in [6.07, 6.45) is 0.176. The molecule has 0 saturated heterocycles. The molecule has 1 atom stereocenters. The van der Waals surface area contributed by atoms with Crippen LogP contribution in [-0.2, 0) is 20.9 Å². The van der Waals surface area contributed by atoms with Crippen molar-refractivity contribution >= 4 is 23.3 Å². The van der Waals surface area contributed by atoms with Crippen molar-refractivity contribution in [3.63, 3.8) is 0 Å². The van der Waals surface area contributed by atoms with Crippen LogP contribution in [0.1, 0.15) is 24.8 Å². The molecule has 0 aliphatic carbocycles. The third kappa shape index (κ3) is 3.90. The maximum Gasteiger partial charge on any atom is 0.354 e. The molecule has 26 heavy (non-hydrogen) atoms. The first kappa shape index (κ1) is 17.7. The van der Waals surface area contributed by atoms with Gasteiger partial charge in [-0.2, -0.15) is 5.10 Å². The van der Waals surface area contributed by atoms with Gasteiger partial charge in [0.25, 0.3) is 0 Å². The van der Waals surface area contributed by atoms with Crippen LogP contribution in [0.3, 0.4) is 0 Å². The molecule has 1 aromatic carbocycles. The standard InChI is InChI=1S/C18H20N4O4/c1-3-25-18(24)15-10-16(22(20-15)13-7-5-4-6-8-13)17(23)19-11-14-9-12(2)21-26-14/h4-9,16H,3,10-11H2,1-2H3,(H,19,23). The summed E-state index contributed by atoms with van der Waals surface area (Å²) in [6, 6.07) is 10.3. The van der Waals surface area contributed by atoms with E-state index in [0.29, 0.717) is 5.76 Å². The summed E-state index contributed by atoms with van der Waals surface area (Å²) in [5, 5.41) is 12.5. The Morgan fingerprint density at radius 3 is 2.77 bits per heavy atom. The topological polar surface area (TPSA) is 97.0 Å². The van der Waals surface area contributed by atoms with Gasteiger partial charge in [0.15, 0.2) is 5.76 Å². The Hall–Kier alpha value is -3.16. The fraction of sp³-hybridized carbons (Fsp3) is 0.333. The van der Waals surface area contributed by atoms with Crippen LogP contribution < -0.4 is 10.3 Å². The number of para-hydroxylation sites is 1. The fourth-order valence-electron chi connectivity index (χ4n) is 2.66. The van der Waals surface area contributed by atoms with Crippen molar-refractivity contribution in [2.45, 2.75) is 32.9 Å². The maximum atomic E-state index is 12.7. The Morgan fingerprint density at radius 1 is 1.35 bits per heavy atom. The number of rotatable bonds is 6. The van der Waals surface area contributed by atoms with Crippen molar-refractivity contribution in [2.24, 2.45) is 5.10 Å². The number of ether oxygens (including phenoxy) is 1. The van der Waals surface area contributed by atoms with Gasteiger partial charge in [-0.1, -0.05) is 23.4 Å². The van der Waals surface area contributed by atoms with Gasteiger partial charge in [-0.15, -0.1) is 0 Å². The van der Waals surface area contributed by atoms with Crippen LogP contribution >= 0.6 is 0 Å². The van der Waals surface area contributed by atoms with E-state index < -0.39 is 12.0 Å². The molecule has 0 saturated carbocycles. The largest absolute Gasteiger partial charge is 0.461 e. The second-order valence-electron chi connectivity index (χ2n) is 5.82. The van der Waals surface area contributed by atoms with Crippen LogP contribution in [0.2, 0.25) is 0 Å². The van der Waals surface area contributed by atoms with Crippen molar-refractivity contribution < 1.29 is 18.8 Å². The van der Waals surface area contributed by atoms with Gasteiger partial charge in [0.05, 0.1) is 24.5 Å². The number of amides is 1. The number of aromatic nitrogens is 1. The summed E-state index contributed by atoms with van der Waals surface area (Å²) in [5.74, 6) is -0.202. The zero-order valence-corrected chi connectivity index (χ0v) is 14.6. The first-order valence-corrected chi connectivity index (χ1v) is 8.37. The van der Waals surface area contributed by atoms with Crippen LogP contribution in [0.25, 0.3) is 0 Å². The van der Waals surface area contributed by atoms with Crippen LogP contribution in [0.4, 0.5) is 5.69 Å². The lowest BCUT2D eigenvalue weighted by atomic mass is 10.1. The van der Waals surface area contributed by atoms with Crippen molar-refractivity contribution in [2.75, 3.05) is 11.6 Å². The number of benzene rings is 1. The molecule has 1 aliphatic heterocycles. The highest BCUT2D eigenvalue weighted by atomic mass is 16.5. The molecule has 8 nitrogen and oxygen atoms in total. The third-order valence-electron chi connectivity index (χ3n) is 3.86. The van der Waals surface area contributed by atoms with Crippen molar-refractivity contribution in [3.8, 4) is 0 Å². The second kappa shape index (κ2) is 7.81. The molecule has 0 radical (unpaired) electrons. The number of hydrazone groups is 1. The van der Waals surface area contributed by atoms with Gasteiger partial charge in [0, 0.05) is 12.5 Å². The van der Waals surface area contributed by atoms with Gasteiger partial charge in [0.1, 0.15) is 11.8 Å². The highest BCUT2D eigenvalue weighted by Gasteiger charge is 2.36. The molecule has 3 rings (SSSR count). The SMILES string of the molecule is CCOC(=O)C1=NN(c2ccccc2)C(C(=O)NCc2cc(C)no2)C1. The van der Waals surface area contributed by atoms with E-state index >= 15 is 0 Å². The number of aryl methyl sites for hydroxylation is 1. The molecule has 1 aliphatic rings. The Labute approximate surface area is 150 Å². The van der Waals surface area contributed by atoms with E-state index in [9.17, 15) is 9.59 Å². The molecule has 0 fully saturated rings. The predicted molar refractivity (Wildman–Crippen MR) is 94.5 cm³/mol. The number of carbonyl (C=O) groups excluding carboxylic acids is 2. The molecule has 1 unspecified atom stereocenters. The number of nitrogens with one attached hydrogen (secondary N) is 1. The molecule has 0 spiro atoms. The summed E-state index contributed by atoms with van der Waals surface area (Å²) in [7, 11) is 0. The fourth-order valence-corrected chi connectivity index (χ4v) is 2.66. The van der Waals surface area contributed by atoms with E-state index in [-0.39, 0.29) is 31.2 Å². The van der Waals surface area contributed by atoms with Gasteiger partial charge >= 0.3 is 5.97 Å². The summed E-state index contributed by atoms with van der Waals surface area (Å²) in [5.41, 5.74) is 1.70. The predicted octanol–water partition coefficient (Wildman–Crippen LogP) is 1.80. The number of carbonyl (C=O) groups is 2. The number of anilines is 1.